The Morgan fingerprint density at radius 2 is 2.00 bits per heavy atom. The van der Waals surface area contributed by atoms with Gasteiger partial charge in [0.05, 0.1) is 13.2 Å². The van der Waals surface area contributed by atoms with Crippen molar-refractivity contribution in [2.24, 2.45) is 5.73 Å². The van der Waals surface area contributed by atoms with Gasteiger partial charge in [-0.2, -0.15) is 0 Å². The second-order valence-electron chi connectivity index (χ2n) is 2.62. The molecule has 0 aromatic heterocycles. The Balaban J connectivity index is 2.91. The minimum Gasteiger partial charge on any atom is -0.374 e. The van der Waals surface area contributed by atoms with Crippen molar-refractivity contribution in [1.29, 1.82) is 0 Å². The molecule has 0 saturated carbocycles. The molecule has 0 bridgehead atoms. The third-order valence-corrected chi connectivity index (χ3v) is 0.783. The van der Waals surface area contributed by atoms with Crippen molar-refractivity contribution < 1.29 is 10.5 Å². The minimum absolute atomic E-state index is 0.142. The molecule has 0 rings (SSSR count). The van der Waals surface area contributed by atoms with Crippen LogP contribution in [0.2, 0.25) is 0 Å². The summed E-state index contributed by atoms with van der Waals surface area (Å²) in [6, 6.07) is 0.507. The second kappa shape index (κ2) is 4.73. The van der Waals surface area contributed by atoms with Gasteiger partial charge in [0.15, 0.2) is 0 Å². The highest BCUT2D eigenvalue weighted by molar-refractivity contribution is 4.49. The van der Waals surface area contributed by atoms with Crippen molar-refractivity contribution in [2.75, 3.05) is 13.2 Å². The molecule has 0 aliphatic heterocycles. The fraction of sp³-hybridized carbons (Fsp3) is 1.00. The summed E-state index contributed by atoms with van der Waals surface area (Å²) in [5.41, 5.74) is 9.20. The van der Waals surface area contributed by atoms with Gasteiger partial charge in [0, 0.05) is 6.04 Å². The van der Waals surface area contributed by atoms with Gasteiger partial charge in [-0.1, -0.05) is 0 Å². The third-order valence-electron chi connectivity index (χ3n) is 0.783. The maximum absolute atomic E-state index is 5.43. The molecule has 56 valence electrons. The van der Waals surface area contributed by atoms with Gasteiger partial charge in [-0.3, -0.25) is 0 Å². The molecule has 3 nitrogen and oxygen atoms in total. The van der Waals surface area contributed by atoms with Crippen LogP contribution >= 0.6 is 0 Å². The molecule has 0 aliphatic rings. The van der Waals surface area contributed by atoms with Gasteiger partial charge in [0.1, 0.15) is 6.04 Å². The topological polar surface area (TPSA) is 62.9 Å². The molecular formula is C6H17N2O+. The van der Waals surface area contributed by atoms with Crippen molar-refractivity contribution in [3.8, 4) is 0 Å². The van der Waals surface area contributed by atoms with Gasteiger partial charge in [-0.25, -0.2) is 0 Å². The summed E-state index contributed by atoms with van der Waals surface area (Å²) < 4.78 is 5.17. The average molecular weight is 133 g/mol. The summed E-state index contributed by atoms with van der Waals surface area (Å²) >= 11 is 0. The average Bonchev–Trinajstić information content (AvgIpc) is 1.63. The summed E-state index contributed by atoms with van der Waals surface area (Å²) in [6.45, 7) is 5.29. The van der Waals surface area contributed by atoms with Gasteiger partial charge < -0.3 is 16.2 Å². The van der Waals surface area contributed by atoms with Gasteiger partial charge in [0.25, 0.3) is 0 Å². The predicted octanol–water partition coefficient (Wildman–Crippen LogP) is -1.02. The van der Waals surface area contributed by atoms with Crippen LogP contribution in [0.3, 0.4) is 0 Å². The lowest BCUT2D eigenvalue weighted by Gasteiger charge is -2.06. The van der Waals surface area contributed by atoms with Crippen molar-refractivity contribution >= 4 is 0 Å². The van der Waals surface area contributed by atoms with Crippen molar-refractivity contribution in [2.45, 2.75) is 25.9 Å². The molecule has 0 amide bonds. The summed E-state index contributed by atoms with van der Waals surface area (Å²) in [4.78, 5) is 0. The maximum Gasteiger partial charge on any atom is 0.105 e. The first kappa shape index (κ1) is 8.88. The summed E-state index contributed by atoms with van der Waals surface area (Å²) in [5, 5.41) is 0. The number of nitrogens with two attached hydrogens (primary N) is 1. The van der Waals surface area contributed by atoms with Crippen LogP contribution in [0.1, 0.15) is 13.8 Å². The second-order valence-corrected chi connectivity index (χ2v) is 2.62. The molecule has 0 saturated heterocycles. The molecule has 0 fully saturated rings. The molecule has 0 heterocycles. The van der Waals surface area contributed by atoms with E-state index < -0.39 is 0 Å². The van der Waals surface area contributed by atoms with Crippen LogP contribution < -0.4 is 11.5 Å². The molecule has 2 unspecified atom stereocenters. The lowest BCUT2D eigenvalue weighted by molar-refractivity contribution is -0.421. The van der Waals surface area contributed by atoms with Crippen LogP contribution in [0.4, 0.5) is 0 Å². The zero-order chi connectivity index (χ0) is 7.28. The van der Waals surface area contributed by atoms with Crippen LogP contribution in [0, 0.1) is 0 Å². The van der Waals surface area contributed by atoms with E-state index in [0.29, 0.717) is 19.3 Å². The summed E-state index contributed by atoms with van der Waals surface area (Å²) in [6.07, 6.45) is 0. The number of hydrogen-bond donors (Lipinski definition) is 2. The van der Waals surface area contributed by atoms with E-state index in [-0.39, 0.29) is 6.04 Å². The highest BCUT2D eigenvalue weighted by atomic mass is 16.5. The van der Waals surface area contributed by atoms with E-state index in [9.17, 15) is 0 Å². The van der Waals surface area contributed by atoms with Gasteiger partial charge in [-0.15, -0.1) is 0 Å². The standard InChI is InChI=1S/C6H16N2O/c1-5(7)3-9-4-6(2)8/h5-6H,3-4,7-8H2,1-2H3/p+1. The van der Waals surface area contributed by atoms with Crippen LogP contribution in [-0.4, -0.2) is 25.3 Å². The number of ether oxygens (including phenoxy) is 1. The van der Waals surface area contributed by atoms with Crippen LogP contribution in [-0.2, 0) is 4.74 Å². The third kappa shape index (κ3) is 7.88. The largest absolute Gasteiger partial charge is 0.374 e. The first-order chi connectivity index (χ1) is 4.13. The molecule has 9 heavy (non-hydrogen) atoms. The fourth-order valence-corrected chi connectivity index (χ4v) is 0.455. The van der Waals surface area contributed by atoms with Crippen LogP contribution in [0.25, 0.3) is 0 Å². The van der Waals surface area contributed by atoms with E-state index in [1.54, 1.807) is 0 Å². The lowest BCUT2D eigenvalue weighted by atomic mass is 10.4. The number of quaternary nitrogens is 1. The first-order valence-corrected chi connectivity index (χ1v) is 3.29. The SMILES string of the molecule is CC(N)COCC(C)[NH3+]. The smallest absolute Gasteiger partial charge is 0.105 e. The van der Waals surface area contributed by atoms with E-state index in [1.807, 2.05) is 13.8 Å². The maximum atomic E-state index is 5.43. The molecular weight excluding hydrogens is 116 g/mol. The molecule has 0 spiro atoms. The Bertz CT molecular complexity index is 56.1. The fourth-order valence-electron chi connectivity index (χ4n) is 0.455. The predicted molar refractivity (Wildman–Crippen MR) is 36.8 cm³/mol. The molecule has 0 aromatic rings. The first-order valence-electron chi connectivity index (χ1n) is 3.29. The molecule has 0 aliphatic carbocycles. The quantitative estimate of drug-likeness (QED) is 0.515. The molecule has 3 heteroatoms. The zero-order valence-electron chi connectivity index (χ0n) is 6.26. The monoisotopic (exact) mass is 133 g/mol. The highest BCUT2D eigenvalue weighted by Gasteiger charge is 1.97. The van der Waals surface area contributed by atoms with Gasteiger partial charge in [-0.05, 0) is 13.8 Å². The van der Waals surface area contributed by atoms with Gasteiger partial charge in [0.2, 0.25) is 0 Å². The van der Waals surface area contributed by atoms with Gasteiger partial charge >= 0.3 is 0 Å². The van der Waals surface area contributed by atoms with Crippen molar-refractivity contribution in [1.82, 2.24) is 0 Å². The van der Waals surface area contributed by atoms with E-state index in [0.717, 1.165) is 0 Å². The Labute approximate surface area is 56.4 Å². The van der Waals surface area contributed by atoms with E-state index in [1.165, 1.54) is 0 Å². The Morgan fingerprint density at radius 1 is 1.44 bits per heavy atom. The number of rotatable bonds is 4. The van der Waals surface area contributed by atoms with E-state index in [2.05, 4.69) is 5.73 Å². The Hall–Kier alpha value is -0.120. The minimum atomic E-state index is 0.142. The molecule has 0 aromatic carbocycles. The Kier molecular flexibility index (Phi) is 4.67. The van der Waals surface area contributed by atoms with Crippen molar-refractivity contribution in [3.63, 3.8) is 0 Å². The normalized spacial score (nSPS) is 17.3. The van der Waals surface area contributed by atoms with Crippen LogP contribution in [0.15, 0.2) is 0 Å². The Morgan fingerprint density at radius 3 is 2.33 bits per heavy atom. The molecule has 0 radical (unpaired) electrons. The highest BCUT2D eigenvalue weighted by Crippen LogP contribution is 1.80. The molecule has 5 N–H and O–H groups in total. The summed E-state index contributed by atoms with van der Waals surface area (Å²) in [7, 11) is 0. The zero-order valence-corrected chi connectivity index (χ0v) is 6.26. The van der Waals surface area contributed by atoms with Crippen molar-refractivity contribution in [3.05, 3.63) is 0 Å². The van der Waals surface area contributed by atoms with E-state index >= 15 is 0 Å². The molecule has 2 atom stereocenters. The lowest BCUT2D eigenvalue weighted by Crippen LogP contribution is -2.61. The van der Waals surface area contributed by atoms with Crippen LogP contribution in [0.5, 0.6) is 0 Å². The summed E-state index contributed by atoms with van der Waals surface area (Å²) in [5.74, 6) is 0. The number of hydrogen-bond acceptors (Lipinski definition) is 2. The van der Waals surface area contributed by atoms with E-state index in [4.69, 9.17) is 10.5 Å².